The van der Waals surface area contributed by atoms with Crippen LogP contribution in [0.5, 0.6) is 0 Å². The molecule has 2 unspecified atom stereocenters. The average molecular weight is 583 g/mol. The zero-order valence-electron chi connectivity index (χ0n) is 25.3. The Morgan fingerprint density at radius 3 is 1.72 bits per heavy atom. The highest BCUT2D eigenvalue weighted by Crippen LogP contribution is 2.45. The number of rotatable bonds is 2. The van der Waals surface area contributed by atoms with E-state index in [4.69, 9.17) is 0 Å². The highest BCUT2D eigenvalue weighted by Gasteiger charge is 2.27. The topological polar surface area (TPSA) is 0 Å². The summed E-state index contributed by atoms with van der Waals surface area (Å²) in [6.07, 6.45) is 12.0. The third-order valence-corrected chi connectivity index (χ3v) is 10.4. The summed E-state index contributed by atoms with van der Waals surface area (Å²) >= 11 is 0. The first-order valence-electron chi connectivity index (χ1n) is 16.3. The summed E-state index contributed by atoms with van der Waals surface area (Å²) in [5.74, 6) is 0.667. The molecular weight excluding hydrogens is 553 g/mol. The largest absolute Gasteiger partial charge is 0.0761 e. The second kappa shape index (κ2) is 9.89. The van der Waals surface area contributed by atoms with E-state index in [1.165, 1.54) is 87.3 Å². The minimum absolute atomic E-state index is 0.303. The van der Waals surface area contributed by atoms with Crippen molar-refractivity contribution in [1.29, 1.82) is 0 Å². The number of hydrogen-bond acceptors (Lipinski definition) is 0. The molecular formula is C46H30. The van der Waals surface area contributed by atoms with Crippen LogP contribution in [-0.4, -0.2) is 0 Å². The Kier molecular flexibility index (Phi) is 5.50. The van der Waals surface area contributed by atoms with Crippen LogP contribution in [0, 0.1) is 5.92 Å². The molecule has 0 heteroatoms. The molecule has 8 aromatic carbocycles. The van der Waals surface area contributed by atoms with E-state index >= 15 is 0 Å². The van der Waals surface area contributed by atoms with Crippen molar-refractivity contribution in [3.05, 3.63) is 181 Å². The molecule has 0 radical (unpaired) electrons. The normalized spacial score (nSPS) is 17.1. The van der Waals surface area contributed by atoms with Crippen molar-refractivity contribution in [1.82, 2.24) is 0 Å². The molecule has 0 fully saturated rings. The number of hydrogen-bond donors (Lipinski definition) is 0. The Morgan fingerprint density at radius 2 is 0.935 bits per heavy atom. The van der Waals surface area contributed by atoms with Crippen LogP contribution in [0.4, 0.5) is 0 Å². The van der Waals surface area contributed by atoms with Gasteiger partial charge in [-0.1, -0.05) is 152 Å². The van der Waals surface area contributed by atoms with E-state index in [1.54, 1.807) is 0 Å². The Balaban J connectivity index is 1.09. The monoisotopic (exact) mass is 582 g/mol. The van der Waals surface area contributed by atoms with Crippen molar-refractivity contribution in [2.75, 3.05) is 0 Å². The number of allylic oxidation sites excluding steroid dienone is 5. The lowest BCUT2D eigenvalue weighted by Gasteiger charge is -2.30. The fraction of sp³-hybridized carbons (Fsp3) is 0.0435. The molecule has 0 saturated carbocycles. The van der Waals surface area contributed by atoms with Crippen LogP contribution in [-0.2, 0) is 0 Å². The molecule has 0 N–H and O–H groups in total. The molecule has 0 saturated heterocycles. The maximum absolute atomic E-state index is 2.51. The second-order valence-electron chi connectivity index (χ2n) is 12.9. The second-order valence-corrected chi connectivity index (χ2v) is 12.9. The number of benzene rings is 8. The Labute approximate surface area is 268 Å². The van der Waals surface area contributed by atoms with Crippen LogP contribution < -0.4 is 0 Å². The van der Waals surface area contributed by atoms with Gasteiger partial charge in [-0.15, -0.1) is 0 Å². The fourth-order valence-corrected chi connectivity index (χ4v) is 8.05. The van der Waals surface area contributed by atoms with E-state index < -0.39 is 0 Å². The van der Waals surface area contributed by atoms with Gasteiger partial charge in [0.2, 0.25) is 0 Å². The molecule has 0 heterocycles. The molecule has 10 rings (SSSR count). The van der Waals surface area contributed by atoms with Gasteiger partial charge in [0.15, 0.2) is 0 Å². The highest BCUT2D eigenvalue weighted by atomic mass is 14.3. The van der Waals surface area contributed by atoms with Gasteiger partial charge in [0.05, 0.1) is 0 Å². The molecule has 2 aliphatic rings. The first kappa shape index (κ1) is 25.6. The van der Waals surface area contributed by atoms with Gasteiger partial charge in [-0.25, -0.2) is 0 Å². The van der Waals surface area contributed by atoms with Gasteiger partial charge in [-0.2, -0.15) is 0 Å². The molecule has 0 nitrogen and oxygen atoms in total. The smallest absolute Gasteiger partial charge is 0.0131 e. The highest BCUT2D eigenvalue weighted by molar-refractivity contribution is 6.25. The molecule has 0 spiro atoms. The van der Waals surface area contributed by atoms with Crippen LogP contribution in [0.15, 0.2) is 164 Å². The summed E-state index contributed by atoms with van der Waals surface area (Å²) in [6, 6.07) is 51.7. The van der Waals surface area contributed by atoms with E-state index in [1.807, 2.05) is 0 Å². The summed E-state index contributed by atoms with van der Waals surface area (Å²) in [4.78, 5) is 0. The molecule has 46 heavy (non-hydrogen) atoms. The van der Waals surface area contributed by atoms with Gasteiger partial charge in [0, 0.05) is 11.8 Å². The maximum atomic E-state index is 2.51. The van der Waals surface area contributed by atoms with Crippen molar-refractivity contribution in [2.45, 2.75) is 5.92 Å². The maximum Gasteiger partial charge on any atom is 0.0131 e. The van der Waals surface area contributed by atoms with Crippen molar-refractivity contribution in [3.8, 4) is 11.1 Å². The van der Waals surface area contributed by atoms with Gasteiger partial charge in [-0.05, 0) is 105 Å². The predicted octanol–water partition coefficient (Wildman–Crippen LogP) is 12.5. The summed E-state index contributed by atoms with van der Waals surface area (Å²) in [5.41, 5.74) is 7.86. The van der Waals surface area contributed by atoms with E-state index in [-0.39, 0.29) is 0 Å². The lowest BCUT2D eigenvalue weighted by atomic mass is 9.74. The quantitative estimate of drug-likeness (QED) is 0.178. The zero-order chi connectivity index (χ0) is 30.2. The fourth-order valence-electron chi connectivity index (χ4n) is 8.05. The Bertz CT molecular complexity index is 2610. The molecule has 0 aliphatic heterocycles. The minimum Gasteiger partial charge on any atom is -0.0761 e. The standard InChI is InChI=1S/C46H30/c1-2-8-32-25-33(16-13-29(32)7-1)34-17-14-30-19-23-42-41(44(30)26-34)22-20-31-15-18-35(27-45(31)42)36-21-24-43-39-11-4-3-9-37(39)38-10-5-6-12-40(38)46(43)28-36/h1-28,31,45H. The van der Waals surface area contributed by atoms with Crippen molar-refractivity contribution in [2.24, 2.45) is 5.92 Å². The SMILES string of the molecule is C1=CC2C=Cc3c(ccc4ccc(-c5ccc6ccccc6c5)cc34)C2C=C1c1ccc2c3ccccc3c3ccccc3c2c1. The summed E-state index contributed by atoms with van der Waals surface area (Å²) in [7, 11) is 0. The molecule has 8 aromatic rings. The third-order valence-electron chi connectivity index (χ3n) is 10.4. The number of fused-ring (bicyclic) bond motifs is 12. The minimum atomic E-state index is 0.303. The first-order chi connectivity index (χ1) is 22.8. The van der Waals surface area contributed by atoms with Gasteiger partial charge in [-0.3, -0.25) is 0 Å². The van der Waals surface area contributed by atoms with E-state index in [9.17, 15) is 0 Å². The van der Waals surface area contributed by atoms with E-state index in [0.717, 1.165) is 0 Å². The summed E-state index contributed by atoms with van der Waals surface area (Å²) in [6.45, 7) is 0. The third kappa shape index (κ3) is 3.87. The Morgan fingerprint density at radius 1 is 0.370 bits per heavy atom. The molecule has 2 atom stereocenters. The van der Waals surface area contributed by atoms with E-state index in [0.29, 0.717) is 11.8 Å². The van der Waals surface area contributed by atoms with Crippen LogP contribution >= 0.6 is 0 Å². The van der Waals surface area contributed by atoms with Gasteiger partial charge in [0.1, 0.15) is 0 Å². The first-order valence-corrected chi connectivity index (χ1v) is 16.3. The van der Waals surface area contributed by atoms with Crippen molar-refractivity contribution in [3.63, 3.8) is 0 Å². The van der Waals surface area contributed by atoms with Crippen LogP contribution in [0.3, 0.4) is 0 Å². The molecule has 0 amide bonds. The molecule has 0 bridgehead atoms. The Hall–Kier alpha value is -5.72. The summed E-state index contributed by atoms with van der Waals surface area (Å²) < 4.78 is 0. The van der Waals surface area contributed by atoms with Crippen LogP contribution in [0.1, 0.15) is 22.6 Å². The molecule has 2 aliphatic carbocycles. The van der Waals surface area contributed by atoms with E-state index in [2.05, 4.69) is 170 Å². The van der Waals surface area contributed by atoms with Crippen LogP contribution in [0.2, 0.25) is 0 Å². The van der Waals surface area contributed by atoms with Crippen molar-refractivity contribution < 1.29 is 0 Å². The zero-order valence-corrected chi connectivity index (χ0v) is 25.3. The molecule has 0 aromatic heterocycles. The lowest BCUT2D eigenvalue weighted by Crippen LogP contribution is -2.14. The van der Waals surface area contributed by atoms with Gasteiger partial charge < -0.3 is 0 Å². The van der Waals surface area contributed by atoms with Gasteiger partial charge >= 0.3 is 0 Å². The van der Waals surface area contributed by atoms with Crippen LogP contribution in [0.25, 0.3) is 76.6 Å². The predicted molar refractivity (Wildman–Crippen MR) is 198 cm³/mol. The molecule has 214 valence electrons. The van der Waals surface area contributed by atoms with Gasteiger partial charge in [0.25, 0.3) is 0 Å². The average Bonchev–Trinajstić information content (AvgIpc) is 3.14. The van der Waals surface area contributed by atoms with Crippen molar-refractivity contribution >= 4 is 65.5 Å². The summed E-state index contributed by atoms with van der Waals surface area (Å²) in [5, 5.41) is 13.1. The lowest BCUT2D eigenvalue weighted by molar-refractivity contribution is 0.696.